The van der Waals surface area contributed by atoms with E-state index >= 15 is 0 Å². The number of halogens is 1. The zero-order valence-electron chi connectivity index (χ0n) is 17.8. The largest absolute Gasteiger partial charge is 0.357 e. The van der Waals surface area contributed by atoms with E-state index in [-0.39, 0.29) is 47.2 Å². The van der Waals surface area contributed by atoms with Gasteiger partial charge in [0.05, 0.1) is 6.54 Å². The van der Waals surface area contributed by atoms with Gasteiger partial charge in [-0.25, -0.2) is 4.99 Å². The van der Waals surface area contributed by atoms with Crippen LogP contribution in [0.4, 0.5) is 0 Å². The number of rotatable bonds is 8. The first-order valence-electron chi connectivity index (χ1n) is 10.00. The Morgan fingerprint density at radius 2 is 1.79 bits per heavy atom. The Balaban J connectivity index is 0.00000420. The topological polar surface area (TPSA) is 94.6 Å². The molecule has 1 saturated carbocycles. The number of amides is 2. The highest BCUT2D eigenvalue weighted by Gasteiger charge is 2.28. The van der Waals surface area contributed by atoms with Crippen molar-refractivity contribution in [1.82, 2.24) is 21.3 Å². The van der Waals surface area contributed by atoms with Crippen molar-refractivity contribution in [2.24, 2.45) is 10.9 Å². The van der Waals surface area contributed by atoms with Crippen molar-refractivity contribution in [2.75, 3.05) is 19.6 Å². The molecule has 0 saturated heterocycles. The molecule has 0 bridgehead atoms. The van der Waals surface area contributed by atoms with E-state index in [1.165, 1.54) is 0 Å². The third-order valence-corrected chi connectivity index (χ3v) is 4.11. The van der Waals surface area contributed by atoms with E-state index in [9.17, 15) is 9.59 Å². The van der Waals surface area contributed by atoms with Gasteiger partial charge < -0.3 is 21.3 Å². The van der Waals surface area contributed by atoms with Gasteiger partial charge in [-0.1, -0.05) is 12.1 Å². The molecular weight excluding hydrogens is 481 g/mol. The predicted molar refractivity (Wildman–Crippen MR) is 128 cm³/mol. The lowest BCUT2D eigenvalue weighted by Gasteiger charge is -2.20. The zero-order valence-corrected chi connectivity index (χ0v) is 20.1. The van der Waals surface area contributed by atoms with Gasteiger partial charge in [0.1, 0.15) is 0 Å². The molecule has 2 amide bonds. The molecule has 0 aliphatic heterocycles. The molecule has 1 aromatic carbocycles. The average Bonchev–Trinajstić information content (AvgIpc) is 3.47. The fraction of sp³-hybridized carbons (Fsp3) is 0.571. The molecule has 0 heterocycles. The average molecular weight is 515 g/mol. The number of aliphatic imine (C=N–C) groups is 1. The van der Waals surface area contributed by atoms with E-state index in [2.05, 4.69) is 26.3 Å². The van der Waals surface area contributed by atoms with Gasteiger partial charge in [-0.3, -0.25) is 9.59 Å². The summed E-state index contributed by atoms with van der Waals surface area (Å²) in [5.74, 6) is 0.973. The smallest absolute Gasteiger partial charge is 0.251 e. The summed E-state index contributed by atoms with van der Waals surface area (Å²) in [7, 11) is 0. The molecule has 0 atom stereocenters. The van der Waals surface area contributed by atoms with E-state index < -0.39 is 0 Å². The van der Waals surface area contributed by atoms with Crippen molar-refractivity contribution in [1.29, 1.82) is 0 Å². The van der Waals surface area contributed by atoms with Crippen LogP contribution in [0.5, 0.6) is 0 Å². The van der Waals surface area contributed by atoms with Crippen LogP contribution >= 0.6 is 24.0 Å². The van der Waals surface area contributed by atoms with E-state index in [1.807, 2.05) is 45.9 Å². The first-order chi connectivity index (χ1) is 13.3. The molecule has 1 aliphatic rings. The summed E-state index contributed by atoms with van der Waals surface area (Å²) in [6.45, 7) is 10.3. The van der Waals surface area contributed by atoms with Crippen LogP contribution in [-0.4, -0.2) is 42.9 Å². The van der Waals surface area contributed by atoms with Gasteiger partial charge >= 0.3 is 0 Å². The summed E-state index contributed by atoms with van der Waals surface area (Å²) in [4.78, 5) is 28.5. The van der Waals surface area contributed by atoms with Gasteiger partial charge in [0, 0.05) is 36.7 Å². The number of carbonyl (C=O) groups is 2. The van der Waals surface area contributed by atoms with Gasteiger partial charge in [0.15, 0.2) is 5.96 Å². The van der Waals surface area contributed by atoms with Crippen molar-refractivity contribution < 1.29 is 9.59 Å². The number of benzene rings is 1. The van der Waals surface area contributed by atoms with Gasteiger partial charge in [-0.05, 0) is 58.2 Å². The molecule has 0 spiro atoms. The molecule has 0 radical (unpaired) electrons. The standard InChI is InChI=1S/C21H33N5O2.HI/c1-5-22-20(24-12-11-23-18(27)16-9-10-16)25-14-15-7-6-8-17(13-15)19(28)26-21(2,3)4;/h6-8,13,16H,5,9-12,14H2,1-4H3,(H,23,27)(H,26,28)(H2,22,24,25);1H. The minimum Gasteiger partial charge on any atom is -0.357 e. The maximum Gasteiger partial charge on any atom is 0.251 e. The molecule has 29 heavy (non-hydrogen) atoms. The Morgan fingerprint density at radius 3 is 2.41 bits per heavy atom. The van der Waals surface area contributed by atoms with Gasteiger partial charge in [-0.2, -0.15) is 0 Å². The first kappa shape index (κ1) is 25.2. The Labute approximate surface area is 190 Å². The lowest BCUT2D eigenvalue weighted by molar-refractivity contribution is -0.122. The van der Waals surface area contributed by atoms with Gasteiger partial charge in [0.2, 0.25) is 5.91 Å². The second kappa shape index (κ2) is 12.0. The van der Waals surface area contributed by atoms with Crippen LogP contribution in [0, 0.1) is 5.92 Å². The fourth-order valence-electron chi connectivity index (χ4n) is 2.59. The predicted octanol–water partition coefficient (Wildman–Crippen LogP) is 2.41. The van der Waals surface area contributed by atoms with Crippen molar-refractivity contribution in [3.63, 3.8) is 0 Å². The van der Waals surface area contributed by atoms with E-state index in [1.54, 1.807) is 6.07 Å². The van der Waals surface area contributed by atoms with Crippen LogP contribution in [0.3, 0.4) is 0 Å². The number of nitrogens with one attached hydrogen (secondary N) is 4. The summed E-state index contributed by atoms with van der Waals surface area (Å²) in [6, 6.07) is 7.50. The number of hydrogen-bond donors (Lipinski definition) is 4. The van der Waals surface area contributed by atoms with Crippen molar-refractivity contribution >= 4 is 41.8 Å². The molecule has 1 aromatic rings. The molecule has 0 aromatic heterocycles. The van der Waals surface area contributed by atoms with Crippen molar-refractivity contribution in [2.45, 2.75) is 52.6 Å². The minimum atomic E-state index is -0.275. The Bertz CT molecular complexity index is 711. The summed E-state index contributed by atoms with van der Waals surface area (Å²) in [6.07, 6.45) is 2.02. The molecule has 4 N–H and O–H groups in total. The maximum atomic E-state index is 12.3. The molecule has 7 nitrogen and oxygen atoms in total. The Hall–Kier alpha value is -1.84. The second-order valence-corrected chi connectivity index (χ2v) is 8.09. The zero-order chi connectivity index (χ0) is 20.6. The first-order valence-corrected chi connectivity index (χ1v) is 10.00. The highest BCUT2D eigenvalue weighted by molar-refractivity contribution is 14.0. The molecular formula is C21H34IN5O2. The molecule has 1 fully saturated rings. The van der Waals surface area contributed by atoms with E-state index in [0.717, 1.165) is 24.9 Å². The molecule has 2 rings (SSSR count). The normalized spacial score (nSPS) is 13.9. The van der Waals surface area contributed by atoms with Crippen molar-refractivity contribution in [3.05, 3.63) is 35.4 Å². The third kappa shape index (κ3) is 9.96. The van der Waals surface area contributed by atoms with Crippen LogP contribution in [-0.2, 0) is 11.3 Å². The van der Waals surface area contributed by atoms with E-state index in [0.29, 0.717) is 31.2 Å². The maximum absolute atomic E-state index is 12.3. The van der Waals surface area contributed by atoms with Crippen LogP contribution in [0.25, 0.3) is 0 Å². The van der Waals surface area contributed by atoms with Crippen molar-refractivity contribution in [3.8, 4) is 0 Å². The molecule has 0 unspecified atom stereocenters. The Morgan fingerprint density at radius 1 is 1.10 bits per heavy atom. The summed E-state index contributed by atoms with van der Waals surface area (Å²) >= 11 is 0. The van der Waals surface area contributed by atoms with Crippen LogP contribution in [0.2, 0.25) is 0 Å². The van der Waals surface area contributed by atoms with Gasteiger partial charge in [0.25, 0.3) is 5.91 Å². The Kier molecular flexibility index (Phi) is 10.4. The SMILES string of the molecule is CCNC(=NCc1cccc(C(=O)NC(C)(C)C)c1)NCCNC(=O)C1CC1.I. The molecule has 1 aliphatic carbocycles. The van der Waals surface area contributed by atoms with Gasteiger partial charge in [-0.15, -0.1) is 24.0 Å². The minimum absolute atomic E-state index is 0. The quantitative estimate of drug-likeness (QED) is 0.185. The molecule has 162 valence electrons. The third-order valence-electron chi connectivity index (χ3n) is 4.11. The number of hydrogen-bond acceptors (Lipinski definition) is 3. The second-order valence-electron chi connectivity index (χ2n) is 8.09. The fourth-order valence-corrected chi connectivity index (χ4v) is 2.59. The summed E-state index contributed by atoms with van der Waals surface area (Å²) in [5, 5.41) is 12.3. The summed E-state index contributed by atoms with van der Waals surface area (Å²) < 4.78 is 0. The highest BCUT2D eigenvalue weighted by Crippen LogP contribution is 2.28. The monoisotopic (exact) mass is 515 g/mol. The number of carbonyl (C=O) groups excluding carboxylic acids is 2. The lowest BCUT2D eigenvalue weighted by Crippen LogP contribution is -2.41. The number of guanidine groups is 1. The van der Waals surface area contributed by atoms with Crippen LogP contribution in [0.15, 0.2) is 29.3 Å². The van der Waals surface area contributed by atoms with E-state index in [4.69, 9.17) is 0 Å². The highest BCUT2D eigenvalue weighted by atomic mass is 127. The van der Waals surface area contributed by atoms with Crippen LogP contribution < -0.4 is 21.3 Å². The van der Waals surface area contributed by atoms with Crippen LogP contribution in [0.1, 0.15) is 56.5 Å². The molecule has 8 heteroatoms. The summed E-state index contributed by atoms with van der Waals surface area (Å²) in [5.41, 5.74) is 1.31. The number of nitrogens with zero attached hydrogens (tertiary/aromatic N) is 1. The lowest BCUT2D eigenvalue weighted by atomic mass is 10.1.